The molecule has 1 aromatic rings. The Morgan fingerprint density at radius 3 is 2.71 bits per heavy atom. The van der Waals surface area contributed by atoms with Crippen LogP contribution in [0.5, 0.6) is 5.75 Å². The van der Waals surface area contributed by atoms with E-state index in [2.05, 4.69) is 0 Å². The molecule has 0 aliphatic carbocycles. The maximum Gasteiger partial charge on any atom is 0.305 e. The normalized spacial score (nSPS) is 9.71. The van der Waals surface area contributed by atoms with Crippen molar-refractivity contribution in [1.82, 2.24) is 0 Å². The number of hydrogen-bond acceptors (Lipinski definition) is 5. The van der Waals surface area contributed by atoms with Gasteiger partial charge in [0, 0.05) is 12.2 Å². The van der Waals surface area contributed by atoms with Crippen molar-refractivity contribution in [2.45, 2.75) is 13.3 Å². The summed E-state index contributed by atoms with van der Waals surface area (Å²) in [6, 6.07) is 9.35. The van der Waals surface area contributed by atoms with Crippen LogP contribution >= 0.6 is 24.0 Å². The number of esters is 1. The second kappa shape index (κ2) is 8.08. The maximum absolute atomic E-state index is 10.9. The first-order valence-corrected chi connectivity index (χ1v) is 6.67. The molecule has 92 valence electrons. The highest BCUT2D eigenvalue weighted by molar-refractivity contribution is 8.22. The summed E-state index contributed by atoms with van der Waals surface area (Å²) in [5.74, 6) is 1.13. The molecular formula is C12H14O3S2. The van der Waals surface area contributed by atoms with Gasteiger partial charge in [-0.05, 0) is 24.4 Å². The van der Waals surface area contributed by atoms with E-state index in [0.29, 0.717) is 23.2 Å². The summed E-state index contributed by atoms with van der Waals surface area (Å²) in [7, 11) is 0. The maximum atomic E-state index is 10.9. The first kappa shape index (κ1) is 14.0. The minimum atomic E-state index is -0.194. The van der Waals surface area contributed by atoms with E-state index in [4.69, 9.17) is 21.7 Å². The zero-order chi connectivity index (χ0) is 12.5. The standard InChI is InChI=1S/C12H14O3S2/c1-2-11(13)14-8-9-17-12(16)15-10-6-4-3-5-7-10/h3-7H,2,8-9H2,1H3. The van der Waals surface area contributed by atoms with E-state index in [-0.39, 0.29) is 5.97 Å². The van der Waals surface area contributed by atoms with Gasteiger partial charge in [0.25, 0.3) is 0 Å². The van der Waals surface area contributed by atoms with E-state index in [1.165, 1.54) is 11.8 Å². The average Bonchev–Trinajstić information content (AvgIpc) is 2.35. The molecule has 0 heterocycles. The Hall–Kier alpha value is -1.07. The Balaban J connectivity index is 2.16. The molecule has 0 radical (unpaired) electrons. The van der Waals surface area contributed by atoms with Crippen LogP contribution in [0.15, 0.2) is 30.3 Å². The number of thiocarbonyl (C=S) groups is 1. The van der Waals surface area contributed by atoms with Gasteiger partial charge in [0.05, 0.1) is 0 Å². The molecule has 0 fully saturated rings. The van der Waals surface area contributed by atoms with Crippen LogP contribution in [-0.2, 0) is 9.53 Å². The summed E-state index contributed by atoms with van der Waals surface area (Å²) >= 11 is 6.40. The molecule has 0 spiro atoms. The van der Waals surface area contributed by atoms with Gasteiger partial charge < -0.3 is 9.47 Å². The Bertz CT molecular complexity index is 365. The predicted octanol–water partition coefficient (Wildman–Crippen LogP) is 3.04. The topological polar surface area (TPSA) is 35.5 Å². The van der Waals surface area contributed by atoms with Crippen LogP contribution in [0.1, 0.15) is 13.3 Å². The van der Waals surface area contributed by atoms with Gasteiger partial charge in [-0.15, -0.1) is 0 Å². The summed E-state index contributed by atoms with van der Waals surface area (Å²) in [5, 5.41) is 0. The number of rotatable bonds is 5. The highest BCUT2D eigenvalue weighted by Gasteiger charge is 2.02. The Morgan fingerprint density at radius 2 is 2.06 bits per heavy atom. The second-order valence-corrected chi connectivity index (χ2v) is 4.78. The molecule has 0 bridgehead atoms. The fraction of sp³-hybridized carbons (Fsp3) is 0.333. The molecule has 0 aromatic heterocycles. The largest absolute Gasteiger partial charge is 0.465 e. The quantitative estimate of drug-likeness (QED) is 0.467. The molecule has 1 rings (SSSR count). The molecule has 0 aliphatic heterocycles. The molecule has 0 saturated heterocycles. The third kappa shape index (κ3) is 6.28. The Labute approximate surface area is 110 Å². The first-order valence-electron chi connectivity index (χ1n) is 5.27. The average molecular weight is 270 g/mol. The van der Waals surface area contributed by atoms with Crippen molar-refractivity contribution in [3.63, 3.8) is 0 Å². The van der Waals surface area contributed by atoms with Crippen molar-refractivity contribution in [3.8, 4) is 5.75 Å². The van der Waals surface area contributed by atoms with E-state index >= 15 is 0 Å². The fourth-order valence-corrected chi connectivity index (χ4v) is 1.83. The Morgan fingerprint density at radius 1 is 1.35 bits per heavy atom. The summed E-state index contributed by atoms with van der Waals surface area (Å²) in [6.07, 6.45) is 0.398. The molecule has 0 amide bonds. The molecule has 0 atom stereocenters. The highest BCUT2D eigenvalue weighted by atomic mass is 32.2. The summed E-state index contributed by atoms with van der Waals surface area (Å²) in [4.78, 5) is 10.9. The smallest absolute Gasteiger partial charge is 0.305 e. The van der Waals surface area contributed by atoms with Crippen molar-refractivity contribution in [2.24, 2.45) is 0 Å². The molecule has 0 saturated carbocycles. The van der Waals surface area contributed by atoms with Gasteiger partial charge in [-0.3, -0.25) is 4.79 Å². The van der Waals surface area contributed by atoms with Gasteiger partial charge >= 0.3 is 5.97 Å². The first-order chi connectivity index (χ1) is 8.22. The third-order valence-electron chi connectivity index (χ3n) is 1.80. The molecule has 0 N–H and O–H groups in total. The van der Waals surface area contributed by atoms with Crippen molar-refractivity contribution < 1.29 is 14.3 Å². The summed E-state index contributed by atoms with van der Waals surface area (Å²) in [5.41, 5.74) is 0. The third-order valence-corrected chi connectivity index (χ3v) is 2.93. The van der Waals surface area contributed by atoms with Gasteiger partial charge in [0.15, 0.2) is 0 Å². The molecule has 3 nitrogen and oxygen atoms in total. The van der Waals surface area contributed by atoms with Gasteiger partial charge in [-0.2, -0.15) is 0 Å². The van der Waals surface area contributed by atoms with Crippen molar-refractivity contribution in [3.05, 3.63) is 30.3 Å². The molecule has 5 heteroatoms. The zero-order valence-corrected chi connectivity index (χ0v) is 11.2. The fourth-order valence-electron chi connectivity index (χ4n) is 0.997. The molecule has 17 heavy (non-hydrogen) atoms. The van der Waals surface area contributed by atoms with E-state index < -0.39 is 0 Å². The zero-order valence-electron chi connectivity index (χ0n) is 9.55. The lowest BCUT2D eigenvalue weighted by Crippen LogP contribution is -2.08. The molecule has 0 aliphatic rings. The predicted molar refractivity (Wildman–Crippen MR) is 73.4 cm³/mol. The lowest BCUT2D eigenvalue weighted by Gasteiger charge is -2.06. The number of carbonyl (C=O) groups excluding carboxylic acids is 1. The number of hydrogen-bond donors (Lipinski definition) is 0. The van der Waals surface area contributed by atoms with Gasteiger partial charge in [-0.1, -0.05) is 36.9 Å². The monoisotopic (exact) mass is 270 g/mol. The van der Waals surface area contributed by atoms with Crippen LogP contribution in [0.2, 0.25) is 0 Å². The number of ether oxygens (including phenoxy) is 2. The number of benzene rings is 1. The van der Waals surface area contributed by atoms with Crippen LogP contribution in [0.4, 0.5) is 0 Å². The lowest BCUT2D eigenvalue weighted by molar-refractivity contribution is -0.142. The number of para-hydroxylation sites is 1. The van der Waals surface area contributed by atoms with Gasteiger partial charge in [-0.25, -0.2) is 0 Å². The summed E-state index contributed by atoms with van der Waals surface area (Å²) < 4.78 is 10.8. The SMILES string of the molecule is CCC(=O)OCCSC(=S)Oc1ccccc1. The molecule has 0 unspecified atom stereocenters. The van der Waals surface area contributed by atoms with Crippen molar-refractivity contribution in [2.75, 3.05) is 12.4 Å². The van der Waals surface area contributed by atoms with Gasteiger partial charge in [0.2, 0.25) is 4.38 Å². The van der Waals surface area contributed by atoms with Crippen LogP contribution in [0, 0.1) is 0 Å². The number of carbonyl (C=O) groups is 1. The second-order valence-electron chi connectivity index (χ2n) is 3.09. The highest BCUT2D eigenvalue weighted by Crippen LogP contribution is 2.14. The van der Waals surface area contributed by atoms with Gasteiger partial charge in [0.1, 0.15) is 12.4 Å². The van der Waals surface area contributed by atoms with Crippen molar-refractivity contribution in [1.29, 1.82) is 0 Å². The van der Waals surface area contributed by atoms with E-state index in [0.717, 1.165) is 5.75 Å². The van der Waals surface area contributed by atoms with E-state index in [1.807, 2.05) is 30.3 Å². The minimum absolute atomic E-state index is 0.194. The molecular weight excluding hydrogens is 256 g/mol. The Kier molecular flexibility index (Phi) is 6.65. The van der Waals surface area contributed by atoms with E-state index in [1.54, 1.807) is 6.92 Å². The minimum Gasteiger partial charge on any atom is -0.465 e. The van der Waals surface area contributed by atoms with Crippen LogP contribution < -0.4 is 4.74 Å². The van der Waals surface area contributed by atoms with Crippen LogP contribution in [0.25, 0.3) is 0 Å². The van der Waals surface area contributed by atoms with E-state index in [9.17, 15) is 4.79 Å². The summed E-state index contributed by atoms with van der Waals surface area (Å²) in [6.45, 7) is 2.12. The van der Waals surface area contributed by atoms with Crippen LogP contribution in [0.3, 0.4) is 0 Å². The number of thioether (sulfide) groups is 1. The van der Waals surface area contributed by atoms with Crippen molar-refractivity contribution >= 4 is 34.3 Å². The van der Waals surface area contributed by atoms with Crippen LogP contribution in [-0.4, -0.2) is 22.7 Å². The lowest BCUT2D eigenvalue weighted by atomic mass is 10.3. The molecule has 1 aromatic carbocycles.